The molecule has 12 heavy (non-hydrogen) atoms. The van der Waals surface area contributed by atoms with E-state index in [0.29, 0.717) is 5.56 Å². The lowest BCUT2D eigenvalue weighted by Crippen LogP contribution is -2.17. The van der Waals surface area contributed by atoms with Crippen molar-refractivity contribution in [3.8, 4) is 0 Å². The van der Waals surface area contributed by atoms with Crippen LogP contribution in [0.2, 0.25) is 0 Å². The van der Waals surface area contributed by atoms with Crippen LogP contribution in [0.15, 0.2) is 24.3 Å². The van der Waals surface area contributed by atoms with E-state index < -0.39 is 12.8 Å². The molecule has 1 rings (SSSR count). The summed E-state index contributed by atoms with van der Waals surface area (Å²) >= 11 is 0. The Hall–Kier alpha value is -1.00. The number of ether oxygens (including phenoxy) is 1. The summed E-state index contributed by atoms with van der Waals surface area (Å²) in [5.41, 5.74) is 5.79. The molecule has 0 aromatic heterocycles. The van der Waals surface area contributed by atoms with Gasteiger partial charge in [0.2, 0.25) is 0 Å². The summed E-state index contributed by atoms with van der Waals surface area (Å²) in [6, 6.07) is 9.07. The minimum absolute atomic E-state index is 0.508. The first kappa shape index (κ1) is 9.09. The summed E-state index contributed by atoms with van der Waals surface area (Å²) in [6.45, 7) is -2.84. The zero-order valence-corrected chi connectivity index (χ0v) is 6.21. The first-order valence-electron chi connectivity index (χ1n) is 3.35. The lowest BCUT2D eigenvalue weighted by molar-refractivity contribution is -0.163. The van der Waals surface area contributed by atoms with Gasteiger partial charge in [-0.3, -0.25) is 0 Å². The van der Waals surface area contributed by atoms with Crippen molar-refractivity contribution < 1.29 is 13.5 Å². The van der Waals surface area contributed by atoms with Crippen LogP contribution in [-0.4, -0.2) is 6.61 Å². The van der Waals surface area contributed by atoms with Crippen molar-refractivity contribution in [2.45, 2.75) is 12.8 Å². The fraction of sp³-hybridized carbons (Fsp3) is 0.250. The van der Waals surface area contributed by atoms with Crippen LogP contribution in [0.5, 0.6) is 0 Å². The molecule has 0 saturated heterocycles. The third-order valence-corrected chi connectivity index (χ3v) is 1.32. The van der Waals surface area contributed by atoms with E-state index >= 15 is 0 Å². The average molecular weight is 172 g/mol. The molecule has 2 nitrogen and oxygen atoms in total. The van der Waals surface area contributed by atoms with E-state index in [0.717, 1.165) is 0 Å². The number of rotatable bonds is 3. The van der Waals surface area contributed by atoms with Gasteiger partial charge in [-0.1, -0.05) is 24.3 Å². The molecule has 0 saturated carbocycles. The van der Waals surface area contributed by atoms with Crippen LogP contribution in [-0.2, 0) is 4.74 Å². The Morgan fingerprint density at radius 3 is 2.42 bits per heavy atom. The molecule has 0 amide bonds. The molecule has 0 aliphatic carbocycles. The van der Waals surface area contributed by atoms with E-state index in [-0.39, 0.29) is 0 Å². The minimum Gasteiger partial charge on any atom is -0.302 e. The van der Waals surface area contributed by atoms with Crippen LogP contribution in [0.1, 0.15) is 11.8 Å². The fourth-order valence-electron chi connectivity index (χ4n) is 0.779. The Bertz CT molecular complexity index is 228. The van der Waals surface area contributed by atoms with Gasteiger partial charge in [0.1, 0.15) is 6.23 Å². The maximum absolute atomic E-state index is 11.7. The molecule has 4 heteroatoms. The van der Waals surface area contributed by atoms with Crippen LogP contribution in [0.3, 0.4) is 0 Å². The molecule has 1 aromatic carbocycles. The number of hydrogen-bond acceptors (Lipinski definition) is 2. The summed E-state index contributed by atoms with van der Waals surface area (Å²) in [5, 5.41) is 0. The predicted molar refractivity (Wildman–Crippen MR) is 39.3 cm³/mol. The Balaban J connectivity index is 2.59. The lowest BCUT2D eigenvalue weighted by atomic mass is 10.2. The minimum atomic E-state index is -2.84. The summed E-state index contributed by atoms with van der Waals surface area (Å²) < 4.78 is 27.4. The van der Waals surface area contributed by atoms with E-state index in [9.17, 15) is 8.78 Å². The van der Waals surface area contributed by atoms with Crippen molar-refractivity contribution in [1.82, 2.24) is 0 Å². The molecule has 0 bridgehead atoms. The number of benzene rings is 1. The highest BCUT2D eigenvalue weighted by Crippen LogP contribution is 2.13. The van der Waals surface area contributed by atoms with Gasteiger partial charge >= 0.3 is 6.61 Å². The third-order valence-electron chi connectivity index (χ3n) is 1.32. The smallest absolute Gasteiger partial charge is 0.302 e. The van der Waals surface area contributed by atoms with E-state index in [1.54, 1.807) is 24.3 Å². The molecule has 1 atom stereocenters. The maximum atomic E-state index is 11.7. The molecule has 0 aliphatic heterocycles. The zero-order valence-electron chi connectivity index (χ0n) is 6.21. The van der Waals surface area contributed by atoms with Crippen molar-refractivity contribution in [1.29, 1.82) is 0 Å². The second kappa shape index (κ2) is 4.13. The lowest BCUT2D eigenvalue weighted by Gasteiger charge is -2.11. The highest BCUT2D eigenvalue weighted by molar-refractivity contribution is 5.15. The Morgan fingerprint density at radius 1 is 1.33 bits per heavy atom. The van der Waals surface area contributed by atoms with E-state index in [1.807, 2.05) is 0 Å². The molecular formula is C8H8F2NO. The standard InChI is InChI=1S/C8H8F2NO/c9-8(10)12-7(11)6-4-2-1-3-5-6/h2-5,7-8H,11H2. The van der Waals surface area contributed by atoms with Gasteiger partial charge in [-0.15, -0.1) is 0 Å². The number of halogens is 2. The molecule has 0 spiro atoms. The van der Waals surface area contributed by atoms with E-state index in [1.165, 1.54) is 0 Å². The SMILES string of the molecule is NC(OC(F)F)c1cc[c]cc1. The number of hydrogen-bond donors (Lipinski definition) is 1. The van der Waals surface area contributed by atoms with Crippen molar-refractivity contribution in [2.24, 2.45) is 5.73 Å². The largest absolute Gasteiger partial charge is 0.347 e. The average Bonchev–Trinajstić information content (AvgIpc) is 2.05. The highest BCUT2D eigenvalue weighted by atomic mass is 19.3. The fourth-order valence-corrected chi connectivity index (χ4v) is 0.779. The van der Waals surface area contributed by atoms with Crippen molar-refractivity contribution in [2.75, 3.05) is 0 Å². The summed E-state index contributed by atoms with van der Waals surface area (Å²) in [6.07, 6.45) is -1.07. The van der Waals surface area contributed by atoms with Crippen LogP contribution in [0.25, 0.3) is 0 Å². The summed E-state index contributed by atoms with van der Waals surface area (Å²) in [7, 11) is 0. The topological polar surface area (TPSA) is 35.2 Å². The van der Waals surface area contributed by atoms with Gasteiger partial charge < -0.3 is 10.5 Å². The summed E-state index contributed by atoms with van der Waals surface area (Å²) in [5.74, 6) is 0. The van der Waals surface area contributed by atoms with Gasteiger partial charge in [0.15, 0.2) is 0 Å². The highest BCUT2D eigenvalue weighted by Gasteiger charge is 2.11. The van der Waals surface area contributed by atoms with Crippen molar-refractivity contribution >= 4 is 0 Å². The van der Waals surface area contributed by atoms with Crippen molar-refractivity contribution in [3.63, 3.8) is 0 Å². The second-order valence-corrected chi connectivity index (χ2v) is 2.15. The van der Waals surface area contributed by atoms with Crippen LogP contribution >= 0.6 is 0 Å². The van der Waals surface area contributed by atoms with Gasteiger partial charge in [0.25, 0.3) is 0 Å². The molecule has 1 radical (unpaired) electrons. The van der Waals surface area contributed by atoms with Gasteiger partial charge in [-0.2, -0.15) is 8.78 Å². The van der Waals surface area contributed by atoms with Gasteiger partial charge in [-0.25, -0.2) is 0 Å². The monoisotopic (exact) mass is 172 g/mol. The predicted octanol–water partition coefficient (Wildman–Crippen LogP) is 1.68. The molecule has 1 aromatic rings. The molecule has 0 heterocycles. The summed E-state index contributed by atoms with van der Waals surface area (Å²) in [4.78, 5) is 0. The number of nitrogens with two attached hydrogens (primary N) is 1. The van der Waals surface area contributed by atoms with Crippen LogP contribution in [0.4, 0.5) is 8.78 Å². The molecule has 0 aliphatic rings. The number of alkyl halides is 2. The molecule has 65 valence electrons. The Kier molecular flexibility index (Phi) is 3.13. The molecule has 0 fully saturated rings. The van der Waals surface area contributed by atoms with Crippen LogP contribution < -0.4 is 5.73 Å². The van der Waals surface area contributed by atoms with E-state index in [4.69, 9.17) is 5.73 Å². The quantitative estimate of drug-likeness (QED) is 0.704. The van der Waals surface area contributed by atoms with Crippen molar-refractivity contribution in [3.05, 3.63) is 35.9 Å². The van der Waals surface area contributed by atoms with Gasteiger partial charge in [0, 0.05) is 0 Å². The molecule has 1 unspecified atom stereocenters. The van der Waals surface area contributed by atoms with Crippen LogP contribution in [0, 0.1) is 6.07 Å². The zero-order chi connectivity index (χ0) is 8.97. The van der Waals surface area contributed by atoms with Gasteiger partial charge in [0.05, 0.1) is 0 Å². The van der Waals surface area contributed by atoms with E-state index in [2.05, 4.69) is 10.8 Å². The third kappa shape index (κ3) is 2.56. The Morgan fingerprint density at radius 2 is 1.92 bits per heavy atom. The second-order valence-electron chi connectivity index (χ2n) is 2.15. The first-order valence-corrected chi connectivity index (χ1v) is 3.35. The maximum Gasteiger partial charge on any atom is 0.347 e. The molecular weight excluding hydrogens is 164 g/mol. The Labute approximate surface area is 68.9 Å². The normalized spacial score (nSPS) is 13.3. The first-order chi connectivity index (χ1) is 5.70. The molecule has 2 N–H and O–H groups in total. The van der Waals surface area contributed by atoms with Gasteiger partial charge in [-0.05, 0) is 11.6 Å².